The van der Waals surface area contributed by atoms with Crippen LogP contribution in [0.5, 0.6) is 0 Å². The summed E-state index contributed by atoms with van der Waals surface area (Å²) in [5.41, 5.74) is 1.23. The van der Waals surface area contributed by atoms with E-state index in [4.69, 9.17) is 0 Å². The van der Waals surface area contributed by atoms with Crippen LogP contribution in [0.4, 0.5) is 5.82 Å². The van der Waals surface area contributed by atoms with Gasteiger partial charge in [-0.2, -0.15) is 0 Å². The highest BCUT2D eigenvalue weighted by molar-refractivity contribution is 5.32. The maximum absolute atomic E-state index is 4.36. The summed E-state index contributed by atoms with van der Waals surface area (Å²) in [5.74, 6) is 1.70. The molecule has 1 N–H and O–H groups in total. The van der Waals surface area contributed by atoms with E-state index in [1.54, 1.807) is 6.20 Å². The molecule has 76 valence electrons. The van der Waals surface area contributed by atoms with Crippen molar-refractivity contribution in [3.63, 3.8) is 0 Å². The molecule has 0 saturated heterocycles. The predicted octanol–water partition coefficient (Wildman–Crippen LogP) is 2.11. The van der Waals surface area contributed by atoms with Crippen LogP contribution in [0.3, 0.4) is 0 Å². The van der Waals surface area contributed by atoms with Gasteiger partial charge < -0.3 is 5.32 Å². The maximum atomic E-state index is 4.36. The van der Waals surface area contributed by atoms with Crippen LogP contribution >= 0.6 is 0 Å². The fraction of sp³-hybridized carbons (Fsp3) is 0.167. The van der Waals surface area contributed by atoms with Crippen LogP contribution in [-0.2, 0) is 6.42 Å². The Balaban J connectivity index is 2.17. The van der Waals surface area contributed by atoms with Crippen LogP contribution < -0.4 is 5.32 Å². The van der Waals surface area contributed by atoms with Crippen molar-refractivity contribution in [2.45, 2.75) is 6.42 Å². The number of nitrogens with zero attached hydrogens (tertiary/aromatic N) is 2. The largest absolute Gasteiger partial charge is 0.373 e. The van der Waals surface area contributed by atoms with Gasteiger partial charge in [-0.05, 0) is 11.6 Å². The van der Waals surface area contributed by atoms with Gasteiger partial charge >= 0.3 is 0 Å². The third kappa shape index (κ3) is 2.53. The van der Waals surface area contributed by atoms with E-state index in [0.29, 0.717) is 0 Å². The number of aromatic nitrogens is 2. The lowest BCUT2D eigenvalue weighted by Crippen LogP contribution is -1.99. The minimum atomic E-state index is 0.774. The first-order valence-electron chi connectivity index (χ1n) is 4.92. The van der Waals surface area contributed by atoms with Crippen molar-refractivity contribution in [2.24, 2.45) is 0 Å². The van der Waals surface area contributed by atoms with Crippen molar-refractivity contribution >= 4 is 5.82 Å². The fourth-order valence-electron chi connectivity index (χ4n) is 1.40. The average Bonchev–Trinajstić information content (AvgIpc) is 2.31. The second kappa shape index (κ2) is 4.55. The van der Waals surface area contributed by atoms with E-state index in [1.807, 2.05) is 31.3 Å². The molecule has 1 heterocycles. The Bertz CT molecular complexity index is 426. The Morgan fingerprint density at radius 2 is 1.93 bits per heavy atom. The first-order valence-corrected chi connectivity index (χ1v) is 4.92. The summed E-state index contributed by atoms with van der Waals surface area (Å²) in [6, 6.07) is 12.1. The average molecular weight is 199 g/mol. The second-order valence-corrected chi connectivity index (χ2v) is 3.27. The highest BCUT2D eigenvalue weighted by Crippen LogP contribution is 2.07. The molecular weight excluding hydrogens is 186 g/mol. The molecule has 3 nitrogen and oxygen atoms in total. The van der Waals surface area contributed by atoms with Gasteiger partial charge in [-0.3, -0.25) is 0 Å². The van der Waals surface area contributed by atoms with Crippen LogP contribution in [0, 0.1) is 0 Å². The molecule has 2 rings (SSSR count). The van der Waals surface area contributed by atoms with Gasteiger partial charge in [0.2, 0.25) is 0 Å². The Morgan fingerprint density at radius 3 is 2.67 bits per heavy atom. The van der Waals surface area contributed by atoms with Gasteiger partial charge in [0, 0.05) is 19.7 Å². The summed E-state index contributed by atoms with van der Waals surface area (Å²) in [7, 11) is 1.86. The fourth-order valence-corrected chi connectivity index (χ4v) is 1.40. The van der Waals surface area contributed by atoms with Gasteiger partial charge in [-0.15, -0.1) is 0 Å². The predicted molar refractivity (Wildman–Crippen MR) is 60.8 cm³/mol. The van der Waals surface area contributed by atoms with E-state index in [2.05, 4.69) is 27.4 Å². The molecule has 1 aromatic carbocycles. The highest BCUT2D eigenvalue weighted by Gasteiger charge is 1.99. The van der Waals surface area contributed by atoms with Crippen LogP contribution in [0.25, 0.3) is 0 Å². The molecular formula is C12H13N3. The highest BCUT2D eigenvalue weighted by atomic mass is 15.0. The third-order valence-electron chi connectivity index (χ3n) is 2.17. The molecule has 3 heteroatoms. The Hall–Kier alpha value is -1.90. The van der Waals surface area contributed by atoms with E-state index in [1.165, 1.54) is 5.56 Å². The first kappa shape index (κ1) is 9.65. The lowest BCUT2D eigenvalue weighted by atomic mass is 10.1. The number of hydrogen-bond acceptors (Lipinski definition) is 3. The summed E-state index contributed by atoms with van der Waals surface area (Å²) in [6.45, 7) is 0. The zero-order chi connectivity index (χ0) is 10.5. The van der Waals surface area contributed by atoms with E-state index < -0.39 is 0 Å². The van der Waals surface area contributed by atoms with Gasteiger partial charge in [0.25, 0.3) is 0 Å². The van der Waals surface area contributed by atoms with Crippen molar-refractivity contribution in [1.29, 1.82) is 0 Å². The van der Waals surface area contributed by atoms with E-state index in [-0.39, 0.29) is 0 Å². The van der Waals surface area contributed by atoms with Crippen LogP contribution in [0.15, 0.2) is 42.6 Å². The van der Waals surface area contributed by atoms with E-state index >= 15 is 0 Å². The summed E-state index contributed by atoms with van der Waals surface area (Å²) >= 11 is 0. The molecule has 0 bridgehead atoms. The topological polar surface area (TPSA) is 37.8 Å². The van der Waals surface area contributed by atoms with Crippen LogP contribution in [-0.4, -0.2) is 17.0 Å². The molecule has 0 aliphatic rings. The lowest BCUT2D eigenvalue weighted by molar-refractivity contribution is 0.969. The minimum absolute atomic E-state index is 0.774. The molecule has 0 fully saturated rings. The van der Waals surface area contributed by atoms with Gasteiger partial charge in [-0.25, -0.2) is 9.97 Å². The molecule has 0 unspecified atom stereocenters. The molecule has 15 heavy (non-hydrogen) atoms. The van der Waals surface area contributed by atoms with Gasteiger partial charge in [0.1, 0.15) is 11.6 Å². The molecule has 0 amide bonds. The number of rotatable bonds is 3. The summed E-state index contributed by atoms with van der Waals surface area (Å²) in [4.78, 5) is 8.60. The van der Waals surface area contributed by atoms with Gasteiger partial charge in [0.15, 0.2) is 0 Å². The smallest absolute Gasteiger partial charge is 0.135 e. The SMILES string of the molecule is CNc1ccnc(Cc2ccccc2)n1. The number of anilines is 1. The van der Waals surface area contributed by atoms with E-state index in [0.717, 1.165) is 18.1 Å². The molecule has 0 aliphatic carbocycles. The maximum Gasteiger partial charge on any atom is 0.135 e. The van der Waals surface area contributed by atoms with Gasteiger partial charge in [-0.1, -0.05) is 30.3 Å². The molecule has 1 aromatic heterocycles. The lowest BCUT2D eigenvalue weighted by Gasteiger charge is -2.02. The normalized spacial score (nSPS) is 9.93. The van der Waals surface area contributed by atoms with Crippen LogP contribution in [0.2, 0.25) is 0 Å². The van der Waals surface area contributed by atoms with Crippen LogP contribution in [0.1, 0.15) is 11.4 Å². The standard InChI is InChI=1S/C12H13N3/c1-13-11-7-8-14-12(15-11)9-10-5-3-2-4-6-10/h2-8H,9H2,1H3,(H,13,14,15). The van der Waals surface area contributed by atoms with Crippen molar-refractivity contribution in [2.75, 3.05) is 12.4 Å². The van der Waals surface area contributed by atoms with Crippen molar-refractivity contribution in [3.05, 3.63) is 54.0 Å². The number of benzene rings is 1. The summed E-state index contributed by atoms with van der Waals surface area (Å²) in [5, 5.41) is 3.00. The van der Waals surface area contributed by atoms with Crippen molar-refractivity contribution < 1.29 is 0 Å². The Labute approximate surface area is 89.2 Å². The first-order chi connectivity index (χ1) is 7.38. The molecule has 0 spiro atoms. The number of hydrogen-bond donors (Lipinski definition) is 1. The zero-order valence-corrected chi connectivity index (χ0v) is 8.64. The van der Waals surface area contributed by atoms with Gasteiger partial charge in [0.05, 0.1) is 0 Å². The molecule has 0 atom stereocenters. The van der Waals surface area contributed by atoms with E-state index in [9.17, 15) is 0 Å². The monoisotopic (exact) mass is 199 g/mol. The Kier molecular flexibility index (Phi) is 2.93. The van der Waals surface area contributed by atoms with Crippen molar-refractivity contribution in [3.8, 4) is 0 Å². The second-order valence-electron chi connectivity index (χ2n) is 3.27. The Morgan fingerprint density at radius 1 is 1.13 bits per heavy atom. The molecule has 0 radical (unpaired) electrons. The minimum Gasteiger partial charge on any atom is -0.373 e. The number of nitrogens with one attached hydrogen (secondary N) is 1. The zero-order valence-electron chi connectivity index (χ0n) is 8.64. The molecule has 2 aromatic rings. The molecule has 0 saturated carbocycles. The van der Waals surface area contributed by atoms with Crippen molar-refractivity contribution in [1.82, 2.24) is 9.97 Å². The third-order valence-corrected chi connectivity index (χ3v) is 2.17. The quantitative estimate of drug-likeness (QED) is 0.822. The summed E-state index contributed by atoms with van der Waals surface area (Å²) < 4.78 is 0. The summed E-state index contributed by atoms with van der Waals surface area (Å²) in [6.07, 6.45) is 2.55. The molecule has 0 aliphatic heterocycles.